The Bertz CT molecular complexity index is 692. The van der Waals surface area contributed by atoms with Gasteiger partial charge in [-0.1, -0.05) is 36.4 Å². The summed E-state index contributed by atoms with van der Waals surface area (Å²) in [5, 5.41) is 0. The Balaban J connectivity index is 2.50. The first-order chi connectivity index (χ1) is 10.7. The minimum absolute atomic E-state index is 0.0165. The van der Waals surface area contributed by atoms with Crippen molar-refractivity contribution in [1.29, 1.82) is 0 Å². The predicted octanol–water partition coefficient (Wildman–Crippen LogP) is 3.01. The third-order valence-corrected chi connectivity index (χ3v) is 3.34. The molecule has 0 saturated heterocycles. The smallest absolute Gasteiger partial charge is 0.327 e. The van der Waals surface area contributed by atoms with Crippen molar-refractivity contribution in [1.82, 2.24) is 0 Å². The number of ether oxygens (including phenoxy) is 2. The van der Waals surface area contributed by atoms with Crippen LogP contribution < -0.4 is 4.74 Å². The van der Waals surface area contributed by atoms with E-state index in [1.807, 2.05) is 55.5 Å². The van der Waals surface area contributed by atoms with Gasteiger partial charge in [0.25, 0.3) is 0 Å². The Labute approximate surface area is 130 Å². The predicted molar refractivity (Wildman–Crippen MR) is 86.7 cm³/mol. The van der Waals surface area contributed by atoms with E-state index < -0.39 is 0 Å². The van der Waals surface area contributed by atoms with Gasteiger partial charge in [-0.15, -0.1) is 0 Å². The van der Waals surface area contributed by atoms with E-state index in [-0.39, 0.29) is 12.5 Å². The first-order valence-electron chi connectivity index (χ1n) is 6.97. The molecule has 0 heterocycles. The molecule has 0 fully saturated rings. The zero-order valence-corrected chi connectivity index (χ0v) is 13.0. The summed E-state index contributed by atoms with van der Waals surface area (Å²) in [5.74, 6) is 0.380. The second kappa shape index (κ2) is 7.41. The molecule has 114 valence electrons. The average molecular weight is 297 g/mol. The fourth-order valence-corrected chi connectivity index (χ4v) is 2.15. The van der Waals surface area contributed by atoms with Crippen LogP contribution in [0.25, 0.3) is 0 Å². The molecule has 2 rings (SSSR count). The number of rotatable bonds is 5. The summed E-state index contributed by atoms with van der Waals surface area (Å²) in [6.07, 6.45) is 0. The van der Waals surface area contributed by atoms with Crippen molar-refractivity contribution in [2.45, 2.75) is 6.92 Å². The lowest BCUT2D eigenvalue weighted by molar-refractivity contribution is -0.138. The maximum atomic E-state index is 11.4. The van der Waals surface area contributed by atoms with Crippen LogP contribution >= 0.6 is 0 Å². The molecule has 0 saturated carbocycles. The van der Waals surface area contributed by atoms with Crippen LogP contribution in [-0.4, -0.2) is 32.4 Å². The van der Waals surface area contributed by atoms with E-state index in [9.17, 15) is 4.79 Å². The quantitative estimate of drug-likeness (QED) is 0.629. The van der Waals surface area contributed by atoms with Crippen LogP contribution in [0, 0.1) is 6.92 Å². The zero-order chi connectivity index (χ0) is 15.9. The summed E-state index contributed by atoms with van der Waals surface area (Å²) in [4.78, 5) is 15.9. The molecule has 0 aliphatic rings. The van der Waals surface area contributed by atoms with Gasteiger partial charge in [-0.05, 0) is 24.6 Å². The van der Waals surface area contributed by atoms with Crippen LogP contribution in [0.1, 0.15) is 16.7 Å². The van der Waals surface area contributed by atoms with Crippen molar-refractivity contribution in [3.05, 3.63) is 65.2 Å². The van der Waals surface area contributed by atoms with Crippen molar-refractivity contribution < 1.29 is 14.3 Å². The summed E-state index contributed by atoms with van der Waals surface area (Å²) in [5.41, 5.74) is 3.73. The molecule has 22 heavy (non-hydrogen) atoms. The number of aliphatic imine (C=N–C) groups is 1. The first-order valence-corrected chi connectivity index (χ1v) is 6.97. The molecule has 2 aromatic carbocycles. The van der Waals surface area contributed by atoms with E-state index in [2.05, 4.69) is 9.73 Å². The van der Waals surface area contributed by atoms with Gasteiger partial charge in [0.1, 0.15) is 12.3 Å². The normalized spacial score (nSPS) is 11.1. The summed E-state index contributed by atoms with van der Waals surface area (Å²) < 4.78 is 9.95. The number of benzene rings is 2. The average Bonchev–Trinajstić information content (AvgIpc) is 2.56. The van der Waals surface area contributed by atoms with Crippen molar-refractivity contribution in [3.8, 4) is 5.75 Å². The zero-order valence-electron chi connectivity index (χ0n) is 13.0. The molecular weight excluding hydrogens is 278 g/mol. The Morgan fingerprint density at radius 1 is 1.09 bits per heavy atom. The first kappa shape index (κ1) is 15.8. The largest absolute Gasteiger partial charge is 0.497 e. The van der Waals surface area contributed by atoms with E-state index in [4.69, 9.17) is 4.74 Å². The number of carbonyl (C=O) groups is 1. The molecule has 0 spiro atoms. The molecular formula is C18H19NO3. The Morgan fingerprint density at radius 2 is 1.86 bits per heavy atom. The van der Waals surface area contributed by atoms with E-state index in [1.165, 1.54) is 7.11 Å². The summed E-state index contributed by atoms with van der Waals surface area (Å²) in [7, 11) is 2.98. The van der Waals surface area contributed by atoms with Crippen molar-refractivity contribution in [3.63, 3.8) is 0 Å². The molecule has 0 radical (unpaired) electrons. The van der Waals surface area contributed by atoms with Crippen LogP contribution in [0.2, 0.25) is 0 Å². The minimum Gasteiger partial charge on any atom is -0.497 e. The molecule has 0 aliphatic carbocycles. The monoisotopic (exact) mass is 297 g/mol. The molecule has 4 nitrogen and oxygen atoms in total. The van der Waals surface area contributed by atoms with Crippen LogP contribution in [0.15, 0.2) is 53.5 Å². The number of hydrogen-bond acceptors (Lipinski definition) is 4. The molecule has 2 aromatic rings. The lowest BCUT2D eigenvalue weighted by atomic mass is 9.98. The van der Waals surface area contributed by atoms with E-state index >= 15 is 0 Å². The van der Waals surface area contributed by atoms with Gasteiger partial charge >= 0.3 is 5.97 Å². The number of methoxy groups -OCH3 is 2. The molecule has 0 aromatic heterocycles. The number of nitrogens with zero attached hydrogens (tertiary/aromatic N) is 1. The lowest BCUT2D eigenvalue weighted by Crippen LogP contribution is -2.11. The summed E-state index contributed by atoms with van der Waals surface area (Å²) >= 11 is 0. The van der Waals surface area contributed by atoms with Gasteiger partial charge in [0.2, 0.25) is 0 Å². The Morgan fingerprint density at radius 3 is 2.55 bits per heavy atom. The summed E-state index contributed by atoms with van der Waals surface area (Å²) in [6, 6.07) is 15.6. The van der Waals surface area contributed by atoms with E-state index in [0.717, 1.165) is 28.2 Å². The third-order valence-electron chi connectivity index (χ3n) is 3.34. The van der Waals surface area contributed by atoms with Crippen LogP contribution in [0.4, 0.5) is 0 Å². The highest BCUT2D eigenvalue weighted by atomic mass is 16.5. The maximum Gasteiger partial charge on any atom is 0.327 e. The second-order valence-electron chi connectivity index (χ2n) is 4.79. The van der Waals surface area contributed by atoms with Crippen molar-refractivity contribution >= 4 is 11.7 Å². The van der Waals surface area contributed by atoms with Crippen LogP contribution in [0.3, 0.4) is 0 Å². The highest BCUT2D eigenvalue weighted by molar-refractivity contribution is 6.14. The molecule has 4 heteroatoms. The summed E-state index contributed by atoms with van der Waals surface area (Å²) in [6.45, 7) is 2.00. The molecule has 0 atom stereocenters. The minimum atomic E-state index is -0.367. The standard InChI is InChI=1S/C18H19NO3/c1-13-7-4-5-10-16(13)18(19-12-17(20)22-3)14-8-6-9-15(11-14)21-2/h4-11H,12H2,1-3H3. The van der Waals surface area contributed by atoms with Crippen molar-refractivity contribution in [2.75, 3.05) is 20.8 Å². The number of esters is 1. The fourth-order valence-electron chi connectivity index (χ4n) is 2.15. The van der Waals surface area contributed by atoms with E-state index in [0.29, 0.717) is 0 Å². The topological polar surface area (TPSA) is 47.9 Å². The van der Waals surface area contributed by atoms with Crippen molar-refractivity contribution in [2.24, 2.45) is 4.99 Å². The lowest BCUT2D eigenvalue weighted by Gasteiger charge is -2.11. The highest BCUT2D eigenvalue weighted by Gasteiger charge is 2.11. The SMILES string of the molecule is COC(=O)CN=C(c1cccc(OC)c1)c1ccccc1C. The fraction of sp³-hybridized carbons (Fsp3) is 0.222. The molecule has 0 amide bonds. The molecule has 0 bridgehead atoms. The maximum absolute atomic E-state index is 11.4. The number of carbonyl (C=O) groups excluding carboxylic acids is 1. The Kier molecular flexibility index (Phi) is 5.31. The third kappa shape index (κ3) is 3.73. The van der Waals surface area contributed by atoms with Gasteiger partial charge in [0, 0.05) is 11.1 Å². The molecule has 0 unspecified atom stereocenters. The van der Waals surface area contributed by atoms with Crippen LogP contribution in [0.5, 0.6) is 5.75 Å². The number of hydrogen-bond donors (Lipinski definition) is 0. The van der Waals surface area contributed by atoms with Gasteiger partial charge in [0.05, 0.1) is 19.9 Å². The van der Waals surface area contributed by atoms with Gasteiger partial charge < -0.3 is 9.47 Å². The molecule has 0 N–H and O–H groups in total. The van der Waals surface area contributed by atoms with Gasteiger partial charge in [-0.25, -0.2) is 0 Å². The second-order valence-corrected chi connectivity index (χ2v) is 4.79. The Hall–Kier alpha value is -2.62. The highest BCUT2D eigenvalue weighted by Crippen LogP contribution is 2.19. The molecule has 0 aliphatic heterocycles. The van der Waals surface area contributed by atoms with Crippen LogP contribution in [-0.2, 0) is 9.53 Å². The number of aryl methyl sites for hydroxylation is 1. The van der Waals surface area contributed by atoms with E-state index in [1.54, 1.807) is 7.11 Å². The van der Waals surface area contributed by atoms with Gasteiger partial charge in [-0.2, -0.15) is 0 Å². The van der Waals surface area contributed by atoms with Gasteiger partial charge in [0.15, 0.2) is 0 Å². The van der Waals surface area contributed by atoms with Gasteiger partial charge in [-0.3, -0.25) is 9.79 Å².